The lowest BCUT2D eigenvalue weighted by Crippen LogP contribution is -2.51. The van der Waals surface area contributed by atoms with Gasteiger partial charge in [-0.1, -0.05) is 64.4 Å². The highest BCUT2D eigenvalue weighted by molar-refractivity contribution is 7.09. The molecule has 11 heteroatoms. The largest absolute Gasteiger partial charge is 0.455 e. The smallest absolute Gasteiger partial charge is 0.303 e. The SMILES string of the molecule is CC(=O)O[C@H](C[C@H](C(C)C)N(C)C(=O)[C@@H](CC(=O)[C@H]1CCCCN1C)C1COC1)c1nc(C(=O)N[C@@H](Cc2ccccc2)CC(C)C)cs1. The Morgan fingerprint density at radius 2 is 1.80 bits per heavy atom. The number of piperidine rings is 1. The van der Waals surface area contributed by atoms with Gasteiger partial charge in [-0.25, -0.2) is 4.98 Å². The number of rotatable bonds is 17. The summed E-state index contributed by atoms with van der Waals surface area (Å²) in [6.45, 7) is 11.5. The van der Waals surface area contributed by atoms with Crippen LogP contribution < -0.4 is 5.32 Å². The van der Waals surface area contributed by atoms with Crippen molar-refractivity contribution in [2.24, 2.45) is 23.7 Å². The number of likely N-dealkylation sites (N-methyl/N-ethyl adjacent to an activating group) is 1. The first-order valence-electron chi connectivity index (χ1n) is 17.9. The van der Waals surface area contributed by atoms with Crippen LogP contribution in [0.1, 0.15) is 100 Å². The second kappa shape index (κ2) is 18.2. The van der Waals surface area contributed by atoms with Crippen LogP contribution >= 0.6 is 11.3 Å². The van der Waals surface area contributed by atoms with Crippen molar-refractivity contribution in [3.63, 3.8) is 0 Å². The van der Waals surface area contributed by atoms with Gasteiger partial charge in [0, 0.05) is 50.2 Å². The monoisotopic (exact) mass is 696 g/mol. The number of carbonyl (C=O) groups is 4. The fourth-order valence-corrected chi connectivity index (χ4v) is 8.00. The lowest BCUT2D eigenvalue weighted by atomic mass is 9.82. The molecule has 270 valence electrons. The second-order valence-corrected chi connectivity index (χ2v) is 15.6. The highest BCUT2D eigenvalue weighted by atomic mass is 32.1. The number of nitrogens with zero attached hydrogens (tertiary/aromatic N) is 3. The summed E-state index contributed by atoms with van der Waals surface area (Å²) < 4.78 is 11.3. The Morgan fingerprint density at radius 3 is 2.39 bits per heavy atom. The number of Topliss-reactive ketones (excluding diaryl/α,β-unsaturated/α-hetero) is 1. The number of hydrogen-bond donors (Lipinski definition) is 1. The maximum Gasteiger partial charge on any atom is 0.303 e. The first-order chi connectivity index (χ1) is 23.3. The van der Waals surface area contributed by atoms with E-state index in [0.29, 0.717) is 37.0 Å². The van der Waals surface area contributed by atoms with Crippen LogP contribution in [-0.4, -0.2) is 90.3 Å². The van der Waals surface area contributed by atoms with E-state index in [9.17, 15) is 19.2 Å². The Bertz CT molecular complexity index is 1390. The second-order valence-electron chi connectivity index (χ2n) is 14.7. The number of amides is 2. The van der Waals surface area contributed by atoms with Crippen molar-refractivity contribution in [1.82, 2.24) is 20.1 Å². The van der Waals surface area contributed by atoms with E-state index in [1.54, 1.807) is 17.3 Å². The molecule has 1 aromatic carbocycles. The van der Waals surface area contributed by atoms with Gasteiger partial charge in [0.25, 0.3) is 5.91 Å². The van der Waals surface area contributed by atoms with Crippen LogP contribution in [0.25, 0.3) is 0 Å². The molecule has 5 atom stereocenters. The molecule has 4 rings (SSSR count). The maximum absolute atomic E-state index is 14.2. The van der Waals surface area contributed by atoms with Crippen LogP contribution in [0, 0.1) is 23.7 Å². The summed E-state index contributed by atoms with van der Waals surface area (Å²) in [6.07, 6.45) is 4.22. The Hall–Kier alpha value is -3.15. The zero-order valence-corrected chi connectivity index (χ0v) is 31.2. The Labute approximate surface area is 296 Å². The third-order valence-electron chi connectivity index (χ3n) is 9.94. The van der Waals surface area contributed by atoms with E-state index in [-0.39, 0.29) is 59.7 Å². The Morgan fingerprint density at radius 1 is 1.08 bits per heavy atom. The number of aromatic nitrogens is 1. The minimum atomic E-state index is -0.745. The van der Waals surface area contributed by atoms with Gasteiger partial charge < -0.3 is 19.7 Å². The van der Waals surface area contributed by atoms with Crippen LogP contribution in [0.4, 0.5) is 0 Å². The van der Waals surface area contributed by atoms with Gasteiger partial charge in [0.2, 0.25) is 5.91 Å². The van der Waals surface area contributed by atoms with Crippen LogP contribution in [0.2, 0.25) is 0 Å². The topological polar surface area (TPSA) is 118 Å². The van der Waals surface area contributed by atoms with Gasteiger partial charge in [-0.2, -0.15) is 0 Å². The van der Waals surface area contributed by atoms with Gasteiger partial charge >= 0.3 is 5.97 Å². The van der Waals surface area contributed by atoms with Crippen molar-refractivity contribution in [2.75, 3.05) is 33.9 Å². The minimum Gasteiger partial charge on any atom is -0.455 e. The Balaban J connectivity index is 1.49. The lowest BCUT2D eigenvalue weighted by Gasteiger charge is -2.40. The van der Waals surface area contributed by atoms with E-state index in [4.69, 9.17) is 9.47 Å². The summed E-state index contributed by atoms with van der Waals surface area (Å²) in [4.78, 5) is 62.0. The quantitative estimate of drug-likeness (QED) is 0.209. The minimum absolute atomic E-state index is 0.00804. The molecule has 2 aromatic rings. The number of thiazole rings is 1. The maximum atomic E-state index is 14.2. The summed E-state index contributed by atoms with van der Waals surface area (Å²) in [5.41, 5.74) is 1.43. The average Bonchev–Trinajstić information content (AvgIpc) is 3.52. The molecule has 0 aliphatic carbocycles. The molecule has 2 saturated heterocycles. The van der Waals surface area contributed by atoms with E-state index < -0.39 is 18.0 Å². The first-order valence-corrected chi connectivity index (χ1v) is 18.8. The molecule has 3 heterocycles. The molecule has 2 aliphatic heterocycles. The summed E-state index contributed by atoms with van der Waals surface area (Å²) in [5, 5.41) is 5.39. The highest BCUT2D eigenvalue weighted by Gasteiger charge is 2.41. The molecule has 2 fully saturated rings. The van der Waals surface area contributed by atoms with Crippen molar-refractivity contribution in [1.29, 1.82) is 0 Å². The number of nitrogens with one attached hydrogen (secondary N) is 1. The van der Waals surface area contributed by atoms with E-state index in [1.165, 1.54) is 18.3 Å². The molecule has 0 unspecified atom stereocenters. The van der Waals surface area contributed by atoms with Crippen molar-refractivity contribution in [3.8, 4) is 0 Å². The molecule has 0 spiro atoms. The van der Waals surface area contributed by atoms with Crippen molar-refractivity contribution >= 4 is 34.9 Å². The zero-order chi connectivity index (χ0) is 35.7. The molecule has 1 aromatic heterocycles. The van der Waals surface area contributed by atoms with Crippen LogP contribution in [-0.2, 0) is 30.3 Å². The summed E-state index contributed by atoms with van der Waals surface area (Å²) in [7, 11) is 3.77. The van der Waals surface area contributed by atoms with Gasteiger partial charge in [-0.15, -0.1) is 11.3 Å². The van der Waals surface area contributed by atoms with Gasteiger partial charge in [-0.05, 0) is 56.7 Å². The third kappa shape index (κ3) is 10.9. The normalized spacial score (nSPS) is 19.5. The van der Waals surface area contributed by atoms with Crippen LogP contribution in [0.15, 0.2) is 35.7 Å². The first kappa shape index (κ1) is 38.6. The third-order valence-corrected chi connectivity index (χ3v) is 10.9. The standard InChI is InChI=1S/C38H56N4O6S/c1-24(2)17-29(18-27-13-9-8-10-14-27)39-36(45)31-23-49-37(40-31)35(48-26(5)43)20-33(25(3)4)42(7)38(46)30(28-21-47-22-28)19-34(44)32-15-11-12-16-41(32)6/h8-10,13-14,23-25,28-30,32-33,35H,11-12,15-22H2,1-7H3,(H,39,45)/t29-,30+,32-,33-,35-/m1/s1. The zero-order valence-electron chi connectivity index (χ0n) is 30.4. The van der Waals surface area contributed by atoms with Gasteiger partial charge in [-0.3, -0.25) is 24.1 Å². The fraction of sp³-hybridized carbons (Fsp3) is 0.658. The van der Waals surface area contributed by atoms with E-state index >= 15 is 0 Å². The van der Waals surface area contributed by atoms with Crippen molar-refractivity contribution in [3.05, 3.63) is 52.0 Å². The number of carbonyl (C=O) groups excluding carboxylic acids is 4. The highest BCUT2D eigenvalue weighted by Crippen LogP contribution is 2.33. The summed E-state index contributed by atoms with van der Waals surface area (Å²) >= 11 is 1.28. The summed E-state index contributed by atoms with van der Waals surface area (Å²) in [6, 6.07) is 9.58. The number of hydrogen-bond acceptors (Lipinski definition) is 9. The van der Waals surface area contributed by atoms with E-state index in [0.717, 1.165) is 37.8 Å². The number of benzene rings is 1. The van der Waals surface area contributed by atoms with Crippen molar-refractivity contribution < 1.29 is 28.7 Å². The molecule has 0 radical (unpaired) electrons. The molecule has 0 saturated carbocycles. The summed E-state index contributed by atoms with van der Waals surface area (Å²) in [5.74, 6) is -0.772. The molecular weight excluding hydrogens is 641 g/mol. The van der Waals surface area contributed by atoms with Crippen molar-refractivity contribution in [2.45, 2.75) is 104 Å². The molecule has 2 amide bonds. The average molecular weight is 697 g/mol. The molecule has 2 aliphatic rings. The molecule has 49 heavy (non-hydrogen) atoms. The van der Waals surface area contributed by atoms with E-state index in [1.807, 2.05) is 39.1 Å². The van der Waals surface area contributed by atoms with Crippen LogP contribution in [0.5, 0.6) is 0 Å². The number of ether oxygens (including phenoxy) is 2. The van der Waals surface area contributed by atoms with Gasteiger partial charge in [0.05, 0.1) is 25.2 Å². The van der Waals surface area contributed by atoms with E-state index in [2.05, 4.69) is 41.2 Å². The Kier molecular flexibility index (Phi) is 14.3. The predicted molar refractivity (Wildman–Crippen MR) is 191 cm³/mol. The van der Waals surface area contributed by atoms with Crippen LogP contribution in [0.3, 0.4) is 0 Å². The molecule has 1 N–H and O–H groups in total. The predicted octanol–water partition coefficient (Wildman–Crippen LogP) is 5.71. The van der Waals surface area contributed by atoms with Gasteiger partial charge in [0.1, 0.15) is 10.7 Å². The fourth-order valence-electron chi connectivity index (χ4n) is 7.16. The number of ketones is 1. The lowest BCUT2D eigenvalue weighted by molar-refractivity contribution is -0.153. The molecular formula is C38H56N4O6S. The number of likely N-dealkylation sites (tertiary alicyclic amines) is 1. The number of esters is 1. The molecule has 10 nitrogen and oxygen atoms in total. The molecule has 0 bridgehead atoms. The van der Waals surface area contributed by atoms with Gasteiger partial charge in [0.15, 0.2) is 11.9 Å².